The van der Waals surface area contributed by atoms with Crippen LogP contribution in [-0.4, -0.2) is 67.0 Å². The summed E-state index contributed by atoms with van der Waals surface area (Å²) in [4.78, 5) is 32.6. The van der Waals surface area contributed by atoms with Crippen LogP contribution >= 0.6 is 0 Å². The van der Waals surface area contributed by atoms with Crippen molar-refractivity contribution in [3.05, 3.63) is 65.2 Å². The summed E-state index contributed by atoms with van der Waals surface area (Å²) in [5, 5.41) is 0. The first-order valence-electron chi connectivity index (χ1n) is 13.0. The number of amides is 2. The molecule has 2 aliphatic rings. The van der Waals surface area contributed by atoms with Gasteiger partial charge in [0.15, 0.2) is 0 Å². The molecule has 0 saturated carbocycles. The highest BCUT2D eigenvalue weighted by Gasteiger charge is 2.25. The summed E-state index contributed by atoms with van der Waals surface area (Å²) < 4.78 is 5.60. The fraction of sp³-hybridized carbons (Fsp3) is 0.517. The maximum atomic E-state index is 13.5. The van der Waals surface area contributed by atoms with E-state index in [0.29, 0.717) is 32.1 Å². The molecule has 2 amide bonds. The Hall–Kier alpha value is -2.70. The van der Waals surface area contributed by atoms with Crippen molar-refractivity contribution in [2.45, 2.75) is 58.5 Å². The number of hydrogen-bond donors (Lipinski definition) is 0. The molecule has 6 nitrogen and oxygen atoms in total. The van der Waals surface area contributed by atoms with Crippen molar-refractivity contribution in [1.82, 2.24) is 9.80 Å². The number of fused-ring (bicyclic) bond motifs is 1. The van der Waals surface area contributed by atoms with Crippen LogP contribution in [0.4, 0.5) is 5.69 Å². The molecule has 0 spiro atoms. The van der Waals surface area contributed by atoms with Gasteiger partial charge in [-0.05, 0) is 49.8 Å². The summed E-state index contributed by atoms with van der Waals surface area (Å²) in [5.74, 6) is 0.178. The van der Waals surface area contributed by atoms with Gasteiger partial charge in [-0.3, -0.25) is 9.59 Å². The van der Waals surface area contributed by atoms with Gasteiger partial charge >= 0.3 is 0 Å². The highest BCUT2D eigenvalue weighted by molar-refractivity contribution is 5.92. The van der Waals surface area contributed by atoms with Gasteiger partial charge < -0.3 is 19.4 Å². The second-order valence-corrected chi connectivity index (χ2v) is 9.86. The molecule has 0 N–H and O–H groups in total. The van der Waals surface area contributed by atoms with Gasteiger partial charge in [-0.1, -0.05) is 48.0 Å². The average Bonchev–Trinajstić information content (AvgIpc) is 2.86. The number of aryl methyl sites for hydroxylation is 1. The molecule has 0 aromatic heterocycles. The number of carbonyl (C=O) groups is 2. The number of para-hydroxylation sites is 1. The predicted molar refractivity (Wildman–Crippen MR) is 139 cm³/mol. The lowest BCUT2D eigenvalue weighted by molar-refractivity contribution is -0.131. The Labute approximate surface area is 209 Å². The van der Waals surface area contributed by atoms with Crippen molar-refractivity contribution >= 4 is 17.5 Å². The second-order valence-electron chi connectivity index (χ2n) is 9.86. The number of anilines is 1. The lowest BCUT2D eigenvalue weighted by atomic mass is 10.0. The van der Waals surface area contributed by atoms with Crippen LogP contribution in [0.25, 0.3) is 0 Å². The molecular weight excluding hydrogens is 438 g/mol. The van der Waals surface area contributed by atoms with Crippen molar-refractivity contribution < 1.29 is 14.3 Å². The van der Waals surface area contributed by atoms with Crippen molar-refractivity contribution in [1.29, 1.82) is 0 Å². The molecule has 6 heteroatoms. The number of rotatable bonds is 3. The molecule has 2 heterocycles. The molecule has 0 atom stereocenters. The fourth-order valence-corrected chi connectivity index (χ4v) is 5.27. The predicted octanol–water partition coefficient (Wildman–Crippen LogP) is 4.19. The van der Waals surface area contributed by atoms with Gasteiger partial charge in [0.1, 0.15) is 0 Å². The summed E-state index contributed by atoms with van der Waals surface area (Å²) in [5.41, 5.74) is 4.18. The largest absolute Gasteiger partial charge is 0.381 e. The lowest BCUT2D eigenvalue weighted by Crippen LogP contribution is -2.44. The van der Waals surface area contributed by atoms with Crippen LogP contribution in [0, 0.1) is 6.92 Å². The maximum absolute atomic E-state index is 13.5. The number of ether oxygens (including phenoxy) is 1. The Morgan fingerprint density at radius 2 is 1.60 bits per heavy atom. The van der Waals surface area contributed by atoms with E-state index in [1.165, 1.54) is 5.56 Å². The van der Waals surface area contributed by atoms with Gasteiger partial charge in [-0.15, -0.1) is 0 Å². The summed E-state index contributed by atoms with van der Waals surface area (Å²) in [6.45, 7) is 9.15. The first-order chi connectivity index (χ1) is 17.0. The molecule has 0 unspecified atom stereocenters. The van der Waals surface area contributed by atoms with E-state index in [4.69, 9.17) is 4.74 Å². The Balaban J connectivity index is 1.58. The maximum Gasteiger partial charge on any atom is 0.227 e. The molecule has 188 valence electrons. The minimum atomic E-state index is 0.0460. The van der Waals surface area contributed by atoms with Crippen LogP contribution in [0.3, 0.4) is 0 Å². The number of carbonyl (C=O) groups excluding carboxylic acids is 2. The zero-order valence-electron chi connectivity index (χ0n) is 21.2. The molecule has 2 aromatic rings. The van der Waals surface area contributed by atoms with Crippen LogP contribution in [0.15, 0.2) is 48.5 Å². The van der Waals surface area contributed by atoms with E-state index in [1.54, 1.807) is 6.92 Å². The Morgan fingerprint density at radius 1 is 0.914 bits per heavy atom. The number of nitrogens with zero attached hydrogens (tertiary/aromatic N) is 3. The molecule has 1 saturated heterocycles. The molecule has 0 aliphatic carbocycles. The molecule has 35 heavy (non-hydrogen) atoms. The molecule has 2 aromatic carbocycles. The Bertz CT molecular complexity index is 985. The molecule has 2 aliphatic heterocycles. The smallest absolute Gasteiger partial charge is 0.227 e. The summed E-state index contributed by atoms with van der Waals surface area (Å²) in [6.07, 6.45) is 4.37. The van der Waals surface area contributed by atoms with E-state index in [-0.39, 0.29) is 11.8 Å². The van der Waals surface area contributed by atoms with Gasteiger partial charge in [0.2, 0.25) is 11.8 Å². The van der Waals surface area contributed by atoms with Crippen LogP contribution in [0.1, 0.15) is 49.3 Å². The second kappa shape index (κ2) is 12.3. The standard InChI is InChI=1S/C29H39N3O3/c1-23-9-11-25(12-10-23)21-29(34)31-17-5-15-30(27-13-19-35-20-14-27)16-6-18-32(24(2)33)28-8-4-3-7-26(28)22-31/h3-4,7-12,27H,5-6,13-22H2,1-2H3. The monoisotopic (exact) mass is 477 g/mol. The van der Waals surface area contributed by atoms with Gasteiger partial charge in [0.25, 0.3) is 0 Å². The highest BCUT2D eigenvalue weighted by Crippen LogP contribution is 2.25. The highest BCUT2D eigenvalue weighted by atomic mass is 16.5. The average molecular weight is 478 g/mol. The third kappa shape index (κ3) is 6.92. The van der Waals surface area contributed by atoms with E-state index in [9.17, 15) is 9.59 Å². The fourth-order valence-electron chi connectivity index (χ4n) is 5.27. The van der Waals surface area contributed by atoms with Crippen LogP contribution in [0.5, 0.6) is 0 Å². The molecule has 4 rings (SSSR count). The summed E-state index contributed by atoms with van der Waals surface area (Å²) in [6, 6.07) is 16.8. The zero-order chi connectivity index (χ0) is 24.6. The normalized spacial score (nSPS) is 18.9. The molecule has 1 fully saturated rings. The quantitative estimate of drug-likeness (QED) is 0.665. The SMILES string of the molecule is CC(=O)N1CCCN(C2CCOCC2)CCCN(C(=O)Cc2ccc(C)cc2)Cc2ccccc21. The van der Waals surface area contributed by atoms with E-state index in [0.717, 1.165) is 68.8 Å². The first-order valence-corrected chi connectivity index (χ1v) is 13.0. The topological polar surface area (TPSA) is 53.1 Å². The summed E-state index contributed by atoms with van der Waals surface area (Å²) in [7, 11) is 0. The number of benzene rings is 2. The van der Waals surface area contributed by atoms with E-state index >= 15 is 0 Å². The van der Waals surface area contributed by atoms with E-state index in [1.807, 2.05) is 40.1 Å². The zero-order valence-corrected chi connectivity index (χ0v) is 21.2. The first kappa shape index (κ1) is 25.4. The van der Waals surface area contributed by atoms with E-state index < -0.39 is 0 Å². The lowest BCUT2D eigenvalue weighted by Gasteiger charge is -2.36. The van der Waals surface area contributed by atoms with Gasteiger partial charge in [0, 0.05) is 64.6 Å². The molecule has 0 bridgehead atoms. The van der Waals surface area contributed by atoms with Gasteiger partial charge in [0.05, 0.1) is 6.42 Å². The third-order valence-electron chi connectivity index (χ3n) is 7.26. The number of hydrogen-bond acceptors (Lipinski definition) is 4. The Morgan fingerprint density at radius 3 is 2.31 bits per heavy atom. The molecular formula is C29H39N3O3. The van der Waals surface area contributed by atoms with Crippen molar-refractivity contribution in [3.8, 4) is 0 Å². The van der Waals surface area contributed by atoms with Crippen molar-refractivity contribution in [2.24, 2.45) is 0 Å². The van der Waals surface area contributed by atoms with Gasteiger partial charge in [-0.25, -0.2) is 0 Å². The summed E-state index contributed by atoms with van der Waals surface area (Å²) >= 11 is 0. The minimum absolute atomic E-state index is 0.0460. The van der Waals surface area contributed by atoms with Crippen molar-refractivity contribution in [3.63, 3.8) is 0 Å². The minimum Gasteiger partial charge on any atom is -0.381 e. The van der Waals surface area contributed by atoms with Crippen LogP contribution in [0.2, 0.25) is 0 Å². The van der Waals surface area contributed by atoms with Gasteiger partial charge in [-0.2, -0.15) is 0 Å². The van der Waals surface area contributed by atoms with Crippen molar-refractivity contribution in [2.75, 3.05) is 44.3 Å². The van der Waals surface area contributed by atoms with Crippen LogP contribution in [-0.2, 0) is 27.3 Å². The van der Waals surface area contributed by atoms with Crippen LogP contribution < -0.4 is 4.90 Å². The third-order valence-corrected chi connectivity index (χ3v) is 7.26. The van der Waals surface area contributed by atoms with E-state index in [2.05, 4.69) is 30.0 Å². The molecule has 0 radical (unpaired) electrons. The Kier molecular flexibility index (Phi) is 8.94.